The van der Waals surface area contributed by atoms with E-state index in [2.05, 4.69) is 20.9 Å². The minimum atomic E-state index is -0.219. The molecule has 25 heavy (non-hydrogen) atoms. The summed E-state index contributed by atoms with van der Waals surface area (Å²) in [5.74, 6) is -0.138. The summed E-state index contributed by atoms with van der Waals surface area (Å²) in [6, 6.07) is 13.3. The lowest BCUT2D eigenvalue weighted by molar-refractivity contribution is -0.131. The predicted octanol–water partition coefficient (Wildman–Crippen LogP) is 3.13. The third-order valence-electron chi connectivity index (χ3n) is 4.19. The second kappa shape index (κ2) is 7.19. The third-order valence-corrected chi connectivity index (χ3v) is 4.68. The van der Waals surface area contributed by atoms with Crippen LogP contribution in [0.25, 0.3) is 10.9 Å². The smallest absolute Gasteiger partial charge is 0.261 e. The van der Waals surface area contributed by atoms with Gasteiger partial charge < -0.3 is 4.90 Å². The van der Waals surface area contributed by atoms with Crippen molar-refractivity contribution in [2.75, 3.05) is 7.05 Å². The number of rotatable bonds is 4. The van der Waals surface area contributed by atoms with E-state index in [4.69, 9.17) is 0 Å². The molecule has 0 bridgehead atoms. The van der Waals surface area contributed by atoms with E-state index in [0.29, 0.717) is 17.4 Å². The van der Waals surface area contributed by atoms with Gasteiger partial charge in [0.1, 0.15) is 6.54 Å². The van der Waals surface area contributed by atoms with Gasteiger partial charge in [-0.25, -0.2) is 4.98 Å². The van der Waals surface area contributed by atoms with Crippen LogP contribution < -0.4 is 5.56 Å². The first-order valence-corrected chi connectivity index (χ1v) is 8.68. The lowest BCUT2D eigenvalue weighted by Gasteiger charge is -2.19. The van der Waals surface area contributed by atoms with Gasteiger partial charge in [-0.1, -0.05) is 40.2 Å². The fourth-order valence-corrected chi connectivity index (χ4v) is 3.00. The van der Waals surface area contributed by atoms with Gasteiger partial charge in [-0.05, 0) is 36.2 Å². The summed E-state index contributed by atoms with van der Waals surface area (Å²) in [5, 5.41) is 0.492. The Morgan fingerprint density at radius 1 is 1.24 bits per heavy atom. The van der Waals surface area contributed by atoms with Crippen molar-refractivity contribution in [2.24, 2.45) is 0 Å². The highest BCUT2D eigenvalue weighted by Gasteiger charge is 2.13. The Labute approximate surface area is 154 Å². The highest BCUT2D eigenvalue weighted by Crippen LogP contribution is 2.15. The van der Waals surface area contributed by atoms with Crippen molar-refractivity contribution in [1.29, 1.82) is 0 Å². The monoisotopic (exact) mass is 399 g/mol. The zero-order chi connectivity index (χ0) is 18.0. The fourth-order valence-electron chi connectivity index (χ4n) is 2.64. The molecule has 3 aromatic rings. The maximum Gasteiger partial charge on any atom is 0.261 e. The Kier molecular flexibility index (Phi) is 4.99. The molecule has 0 saturated heterocycles. The molecule has 0 fully saturated rings. The van der Waals surface area contributed by atoms with Crippen LogP contribution in [0.4, 0.5) is 0 Å². The lowest BCUT2D eigenvalue weighted by atomic mass is 10.1. The van der Waals surface area contributed by atoms with E-state index in [0.717, 1.165) is 15.6 Å². The van der Waals surface area contributed by atoms with Gasteiger partial charge in [0.15, 0.2) is 0 Å². The van der Waals surface area contributed by atoms with Gasteiger partial charge in [-0.15, -0.1) is 0 Å². The van der Waals surface area contributed by atoms with E-state index in [-0.39, 0.29) is 18.0 Å². The molecule has 0 N–H and O–H groups in total. The number of benzene rings is 2. The number of aryl methyl sites for hydroxylation is 1. The van der Waals surface area contributed by atoms with Crippen molar-refractivity contribution in [3.63, 3.8) is 0 Å². The molecule has 1 amide bonds. The molecule has 5 nitrogen and oxygen atoms in total. The number of aromatic nitrogens is 2. The molecule has 0 radical (unpaired) electrons. The second-order valence-electron chi connectivity index (χ2n) is 6.02. The number of likely N-dealkylation sites (N-methyl/N-ethyl adjacent to an activating group) is 1. The van der Waals surface area contributed by atoms with Gasteiger partial charge >= 0.3 is 0 Å². The Morgan fingerprint density at radius 2 is 2.00 bits per heavy atom. The number of amides is 1. The first kappa shape index (κ1) is 17.4. The minimum Gasteiger partial charge on any atom is -0.340 e. The molecule has 0 aliphatic carbocycles. The zero-order valence-electron chi connectivity index (χ0n) is 14.1. The molecule has 2 aromatic carbocycles. The number of carbonyl (C=O) groups is 1. The van der Waals surface area contributed by atoms with Crippen molar-refractivity contribution < 1.29 is 4.79 Å². The average molecular weight is 400 g/mol. The van der Waals surface area contributed by atoms with E-state index in [1.54, 1.807) is 24.1 Å². The fraction of sp³-hybridized carbons (Fsp3) is 0.211. The molecule has 1 aromatic heterocycles. The summed E-state index contributed by atoms with van der Waals surface area (Å²) < 4.78 is 2.16. The van der Waals surface area contributed by atoms with Crippen molar-refractivity contribution in [3.05, 3.63) is 74.7 Å². The topological polar surface area (TPSA) is 55.2 Å². The van der Waals surface area contributed by atoms with Gasteiger partial charge in [-0.3, -0.25) is 14.2 Å². The van der Waals surface area contributed by atoms with E-state index in [9.17, 15) is 9.59 Å². The standard InChI is InChI=1S/C19H18BrN3O2/c1-13-5-3-4-6-14(13)10-22(2)18(24)11-23-12-21-17-8-7-15(20)9-16(17)19(23)25/h3-9,12H,10-11H2,1-2H3. The molecule has 1 heterocycles. The molecule has 0 atom stereocenters. The van der Waals surface area contributed by atoms with Crippen molar-refractivity contribution in [2.45, 2.75) is 20.0 Å². The van der Waals surface area contributed by atoms with Crippen molar-refractivity contribution in [3.8, 4) is 0 Å². The van der Waals surface area contributed by atoms with Gasteiger partial charge in [-0.2, -0.15) is 0 Å². The number of hydrogen-bond acceptors (Lipinski definition) is 3. The van der Waals surface area contributed by atoms with E-state index in [1.807, 2.05) is 37.3 Å². The van der Waals surface area contributed by atoms with Gasteiger partial charge in [0.2, 0.25) is 5.91 Å². The molecule has 0 saturated carbocycles. The Balaban J connectivity index is 1.81. The number of halogens is 1. The average Bonchev–Trinajstić information content (AvgIpc) is 2.59. The largest absolute Gasteiger partial charge is 0.340 e. The highest BCUT2D eigenvalue weighted by molar-refractivity contribution is 9.10. The first-order valence-electron chi connectivity index (χ1n) is 7.89. The molecule has 0 spiro atoms. The van der Waals surface area contributed by atoms with Crippen molar-refractivity contribution in [1.82, 2.24) is 14.5 Å². The van der Waals surface area contributed by atoms with Crippen LogP contribution in [0.3, 0.4) is 0 Å². The Hall–Kier alpha value is -2.47. The summed E-state index contributed by atoms with van der Waals surface area (Å²) in [7, 11) is 1.74. The minimum absolute atomic E-state index is 0.0311. The van der Waals surface area contributed by atoms with Crippen LogP contribution in [0.15, 0.2) is 58.1 Å². The quantitative estimate of drug-likeness (QED) is 0.676. The van der Waals surface area contributed by atoms with E-state index < -0.39 is 0 Å². The van der Waals surface area contributed by atoms with Crippen LogP contribution in [0, 0.1) is 6.92 Å². The summed E-state index contributed by atoms with van der Waals surface area (Å²) in [6.07, 6.45) is 1.43. The summed E-state index contributed by atoms with van der Waals surface area (Å²) in [4.78, 5) is 31.0. The van der Waals surface area contributed by atoms with Crippen LogP contribution in [-0.4, -0.2) is 27.4 Å². The van der Waals surface area contributed by atoms with Gasteiger partial charge in [0, 0.05) is 18.1 Å². The number of hydrogen-bond donors (Lipinski definition) is 0. The van der Waals surface area contributed by atoms with E-state index >= 15 is 0 Å². The SMILES string of the molecule is Cc1ccccc1CN(C)C(=O)Cn1cnc2ccc(Br)cc2c1=O. The van der Waals surface area contributed by atoms with Gasteiger partial charge in [0.25, 0.3) is 5.56 Å². The second-order valence-corrected chi connectivity index (χ2v) is 6.93. The molecule has 128 valence electrons. The maximum absolute atomic E-state index is 12.6. The number of nitrogens with zero attached hydrogens (tertiary/aromatic N) is 3. The normalized spacial score (nSPS) is 10.8. The van der Waals surface area contributed by atoms with Crippen molar-refractivity contribution >= 4 is 32.7 Å². The molecule has 0 aliphatic rings. The Morgan fingerprint density at radius 3 is 2.76 bits per heavy atom. The molecule has 3 rings (SSSR count). The van der Waals surface area contributed by atoms with Crippen LogP contribution in [-0.2, 0) is 17.9 Å². The van der Waals surface area contributed by atoms with E-state index in [1.165, 1.54) is 10.9 Å². The van der Waals surface area contributed by atoms with Gasteiger partial charge in [0.05, 0.1) is 17.2 Å². The van der Waals surface area contributed by atoms with Crippen LogP contribution >= 0.6 is 15.9 Å². The first-order chi connectivity index (χ1) is 12.0. The van der Waals surface area contributed by atoms with Crippen LogP contribution in [0.1, 0.15) is 11.1 Å². The predicted molar refractivity (Wildman–Crippen MR) is 101 cm³/mol. The third kappa shape index (κ3) is 3.79. The molecule has 6 heteroatoms. The van der Waals surface area contributed by atoms with Crippen LogP contribution in [0.5, 0.6) is 0 Å². The number of fused-ring (bicyclic) bond motifs is 1. The molecular formula is C19H18BrN3O2. The molecule has 0 aliphatic heterocycles. The molecular weight excluding hydrogens is 382 g/mol. The highest BCUT2D eigenvalue weighted by atomic mass is 79.9. The maximum atomic E-state index is 12.6. The van der Waals surface area contributed by atoms with Crippen LogP contribution in [0.2, 0.25) is 0 Å². The summed E-state index contributed by atoms with van der Waals surface area (Å²) in [5.41, 5.74) is 2.62. The lowest BCUT2D eigenvalue weighted by Crippen LogP contribution is -2.33. The Bertz CT molecular complexity index is 997. The zero-order valence-corrected chi connectivity index (χ0v) is 15.7. The summed E-state index contributed by atoms with van der Waals surface area (Å²) in [6.45, 7) is 2.49. The summed E-state index contributed by atoms with van der Waals surface area (Å²) >= 11 is 3.36. The molecule has 0 unspecified atom stereocenters. The number of carbonyl (C=O) groups excluding carboxylic acids is 1.